The summed E-state index contributed by atoms with van der Waals surface area (Å²) in [4.78, 5) is 14.7. The van der Waals surface area contributed by atoms with Crippen LogP contribution in [-0.4, -0.2) is 25.8 Å². The van der Waals surface area contributed by atoms with Crippen molar-refractivity contribution in [1.82, 2.24) is 14.8 Å². The van der Waals surface area contributed by atoms with Gasteiger partial charge < -0.3 is 10.8 Å². The Labute approximate surface area is 102 Å². The van der Waals surface area contributed by atoms with Crippen molar-refractivity contribution < 1.29 is 9.90 Å². The molecule has 2 heterocycles. The highest BCUT2D eigenvalue weighted by Gasteiger charge is 2.14. The molecule has 0 atom stereocenters. The van der Waals surface area contributed by atoms with Crippen molar-refractivity contribution in [2.24, 2.45) is 7.05 Å². The maximum absolute atomic E-state index is 10.9. The number of aromatic carboxylic acids is 1. The minimum absolute atomic E-state index is 0.0488. The van der Waals surface area contributed by atoms with Gasteiger partial charge in [0, 0.05) is 30.6 Å². The number of nitrogen functional groups attached to an aromatic ring is 1. The van der Waals surface area contributed by atoms with Crippen LogP contribution >= 0.6 is 11.6 Å². The summed E-state index contributed by atoms with van der Waals surface area (Å²) in [6.07, 6.45) is 2.85. The van der Waals surface area contributed by atoms with Gasteiger partial charge in [-0.25, -0.2) is 9.78 Å². The number of anilines is 1. The quantitative estimate of drug-likeness (QED) is 0.788. The lowest BCUT2D eigenvalue weighted by atomic mass is 10.1. The van der Waals surface area contributed by atoms with E-state index in [1.807, 2.05) is 0 Å². The Morgan fingerprint density at radius 2 is 2.24 bits per heavy atom. The molecule has 7 heteroatoms. The number of aryl methyl sites for hydroxylation is 1. The number of pyridine rings is 1. The van der Waals surface area contributed by atoms with E-state index >= 15 is 0 Å². The van der Waals surface area contributed by atoms with Crippen molar-refractivity contribution >= 4 is 23.4 Å². The number of nitrogens with zero attached hydrogens (tertiary/aromatic N) is 3. The second-order valence-electron chi connectivity index (χ2n) is 3.47. The van der Waals surface area contributed by atoms with Gasteiger partial charge in [-0.2, -0.15) is 5.10 Å². The first-order chi connectivity index (χ1) is 7.99. The Morgan fingerprint density at radius 1 is 1.53 bits per heavy atom. The molecule has 6 nitrogen and oxygen atoms in total. The summed E-state index contributed by atoms with van der Waals surface area (Å²) in [5.41, 5.74) is 6.77. The Hall–Kier alpha value is -2.08. The van der Waals surface area contributed by atoms with Gasteiger partial charge in [0.2, 0.25) is 0 Å². The number of nitrogens with two attached hydrogens (primary N) is 1. The van der Waals surface area contributed by atoms with Gasteiger partial charge in [0.15, 0.2) is 5.82 Å². The van der Waals surface area contributed by atoms with Crippen LogP contribution < -0.4 is 5.73 Å². The second kappa shape index (κ2) is 4.06. The first kappa shape index (κ1) is 11.4. The molecule has 2 aromatic rings. The number of aromatic nitrogens is 3. The molecule has 0 saturated heterocycles. The molecule has 0 radical (unpaired) electrons. The Bertz CT molecular complexity index is 594. The lowest BCUT2D eigenvalue weighted by Gasteiger charge is -2.03. The van der Waals surface area contributed by atoms with Crippen LogP contribution in [0.5, 0.6) is 0 Å². The average molecular weight is 253 g/mol. The maximum Gasteiger partial charge on any atom is 0.337 e. The zero-order valence-corrected chi connectivity index (χ0v) is 9.64. The lowest BCUT2D eigenvalue weighted by molar-refractivity contribution is 0.0696. The molecular weight excluding hydrogens is 244 g/mol. The highest BCUT2D eigenvalue weighted by atomic mass is 35.5. The monoisotopic (exact) mass is 252 g/mol. The number of hydrogen-bond acceptors (Lipinski definition) is 4. The molecule has 3 N–H and O–H groups in total. The number of carboxylic acids is 1. The van der Waals surface area contributed by atoms with Crippen LogP contribution in [0.4, 0.5) is 5.82 Å². The normalized spacial score (nSPS) is 10.5. The average Bonchev–Trinajstić information content (AvgIpc) is 2.58. The second-order valence-corrected chi connectivity index (χ2v) is 3.83. The first-order valence-electron chi connectivity index (χ1n) is 4.67. The van der Waals surface area contributed by atoms with Crippen molar-refractivity contribution in [2.45, 2.75) is 0 Å². The van der Waals surface area contributed by atoms with E-state index in [4.69, 9.17) is 22.4 Å². The molecule has 2 rings (SSSR count). The zero-order chi connectivity index (χ0) is 12.6. The predicted octanol–water partition coefficient (Wildman–Crippen LogP) is 1.42. The van der Waals surface area contributed by atoms with Gasteiger partial charge in [-0.05, 0) is 6.07 Å². The van der Waals surface area contributed by atoms with Gasteiger partial charge >= 0.3 is 5.97 Å². The number of carbonyl (C=O) groups is 1. The number of hydrogen-bond donors (Lipinski definition) is 2. The maximum atomic E-state index is 10.9. The van der Waals surface area contributed by atoms with E-state index in [2.05, 4.69) is 10.1 Å². The molecule has 0 saturated carbocycles. The Balaban J connectivity index is 2.62. The van der Waals surface area contributed by atoms with E-state index in [0.717, 1.165) is 0 Å². The molecule has 0 fully saturated rings. The molecule has 2 aromatic heterocycles. The summed E-state index contributed by atoms with van der Waals surface area (Å²) in [5, 5.41) is 13.0. The smallest absolute Gasteiger partial charge is 0.337 e. The Morgan fingerprint density at radius 3 is 2.76 bits per heavy atom. The van der Waals surface area contributed by atoms with Crippen molar-refractivity contribution in [3.05, 3.63) is 29.2 Å². The number of carboxylic acid groups (broad SMARTS) is 1. The van der Waals surface area contributed by atoms with Crippen LogP contribution in [0.25, 0.3) is 11.1 Å². The SMILES string of the molecule is Cn1cc(-c2cc(C(=O)O)cnc2Cl)c(N)n1. The van der Waals surface area contributed by atoms with Gasteiger partial charge in [0.25, 0.3) is 0 Å². The molecule has 0 aliphatic heterocycles. The number of halogens is 1. The van der Waals surface area contributed by atoms with Crippen LogP contribution in [0, 0.1) is 0 Å². The van der Waals surface area contributed by atoms with E-state index in [9.17, 15) is 4.79 Å². The van der Waals surface area contributed by atoms with Crippen LogP contribution in [0.2, 0.25) is 5.15 Å². The Kier molecular flexibility index (Phi) is 2.72. The van der Waals surface area contributed by atoms with Gasteiger partial charge in [0.05, 0.1) is 5.56 Å². The van der Waals surface area contributed by atoms with Crippen LogP contribution in [-0.2, 0) is 7.05 Å². The topological polar surface area (TPSA) is 94.0 Å². The molecule has 0 amide bonds. The van der Waals surface area contributed by atoms with Crippen LogP contribution in [0.1, 0.15) is 10.4 Å². The molecule has 0 aliphatic carbocycles. The highest BCUT2D eigenvalue weighted by molar-refractivity contribution is 6.32. The molecule has 88 valence electrons. The predicted molar refractivity (Wildman–Crippen MR) is 62.8 cm³/mol. The highest BCUT2D eigenvalue weighted by Crippen LogP contribution is 2.30. The molecule has 17 heavy (non-hydrogen) atoms. The fourth-order valence-electron chi connectivity index (χ4n) is 1.47. The minimum Gasteiger partial charge on any atom is -0.478 e. The molecular formula is C10H9ClN4O2. The summed E-state index contributed by atoms with van der Waals surface area (Å²) in [6.45, 7) is 0. The molecule has 0 aliphatic rings. The third-order valence-electron chi connectivity index (χ3n) is 2.23. The summed E-state index contributed by atoms with van der Waals surface area (Å²) in [5.74, 6) is -0.795. The lowest BCUT2D eigenvalue weighted by Crippen LogP contribution is -1.98. The minimum atomic E-state index is -1.07. The van der Waals surface area contributed by atoms with E-state index in [0.29, 0.717) is 11.1 Å². The van der Waals surface area contributed by atoms with E-state index in [-0.39, 0.29) is 16.5 Å². The van der Waals surface area contributed by atoms with Gasteiger partial charge in [-0.15, -0.1) is 0 Å². The third kappa shape index (κ3) is 2.07. The van der Waals surface area contributed by atoms with Crippen molar-refractivity contribution in [2.75, 3.05) is 5.73 Å². The zero-order valence-electron chi connectivity index (χ0n) is 8.88. The van der Waals surface area contributed by atoms with E-state index in [1.165, 1.54) is 16.9 Å². The fraction of sp³-hybridized carbons (Fsp3) is 0.100. The fourth-order valence-corrected chi connectivity index (χ4v) is 1.67. The number of rotatable bonds is 2. The van der Waals surface area contributed by atoms with Crippen LogP contribution in [0.3, 0.4) is 0 Å². The van der Waals surface area contributed by atoms with E-state index in [1.54, 1.807) is 13.2 Å². The molecule has 0 unspecified atom stereocenters. The van der Waals surface area contributed by atoms with Crippen molar-refractivity contribution in [3.63, 3.8) is 0 Å². The first-order valence-corrected chi connectivity index (χ1v) is 5.05. The van der Waals surface area contributed by atoms with Crippen molar-refractivity contribution in [1.29, 1.82) is 0 Å². The standard InChI is InChI=1S/C10H9ClN4O2/c1-15-4-7(9(12)14-15)6-2-5(10(16)17)3-13-8(6)11/h2-4H,1H3,(H2,12,14)(H,16,17). The summed E-state index contributed by atoms with van der Waals surface area (Å²) < 4.78 is 1.52. The molecule has 0 bridgehead atoms. The van der Waals surface area contributed by atoms with Gasteiger partial charge in [0.1, 0.15) is 5.15 Å². The van der Waals surface area contributed by atoms with E-state index < -0.39 is 5.97 Å². The largest absolute Gasteiger partial charge is 0.478 e. The summed E-state index contributed by atoms with van der Waals surface area (Å²) in [6, 6.07) is 1.42. The van der Waals surface area contributed by atoms with Gasteiger partial charge in [-0.1, -0.05) is 11.6 Å². The molecule has 0 aromatic carbocycles. The van der Waals surface area contributed by atoms with Gasteiger partial charge in [-0.3, -0.25) is 4.68 Å². The van der Waals surface area contributed by atoms with Crippen molar-refractivity contribution in [3.8, 4) is 11.1 Å². The summed E-state index contributed by atoms with van der Waals surface area (Å²) in [7, 11) is 1.71. The summed E-state index contributed by atoms with van der Waals surface area (Å²) >= 11 is 5.92. The molecule has 0 spiro atoms. The van der Waals surface area contributed by atoms with Crippen LogP contribution in [0.15, 0.2) is 18.5 Å². The third-order valence-corrected chi connectivity index (χ3v) is 2.53.